The van der Waals surface area contributed by atoms with Crippen molar-refractivity contribution in [2.75, 3.05) is 30.4 Å². The van der Waals surface area contributed by atoms with Crippen LogP contribution in [0.25, 0.3) is 0 Å². The second-order valence-corrected chi connectivity index (χ2v) is 7.89. The van der Waals surface area contributed by atoms with E-state index in [-0.39, 0.29) is 16.6 Å². The summed E-state index contributed by atoms with van der Waals surface area (Å²) in [7, 11) is -4.23. The minimum absolute atomic E-state index is 0.0311. The number of hydrogen-bond donors (Lipinski definition) is 1. The number of benzene rings is 1. The summed E-state index contributed by atoms with van der Waals surface area (Å²) in [6, 6.07) is 4.37. The third-order valence-corrected chi connectivity index (χ3v) is 5.83. The van der Waals surface area contributed by atoms with Gasteiger partial charge in [-0.05, 0) is 37.0 Å². The second kappa shape index (κ2) is 6.19. The van der Waals surface area contributed by atoms with Gasteiger partial charge in [0.1, 0.15) is 0 Å². The third-order valence-electron chi connectivity index (χ3n) is 3.95. The van der Waals surface area contributed by atoms with Crippen LogP contribution in [0.15, 0.2) is 28.0 Å². The fraction of sp³-hybridized carbons (Fsp3) is 0.500. The number of anilines is 1. The summed E-state index contributed by atoms with van der Waals surface area (Å²) in [6.07, 6.45) is 1.85. The zero-order valence-electron chi connectivity index (χ0n) is 11.9. The molecule has 2 heterocycles. The molecule has 1 N–H and O–H groups in total. The first kappa shape index (κ1) is 15.8. The molecule has 1 aromatic rings. The fourth-order valence-electron chi connectivity index (χ4n) is 2.73. The van der Waals surface area contributed by atoms with E-state index < -0.39 is 10.1 Å². The zero-order chi connectivity index (χ0) is 15.7. The Morgan fingerprint density at radius 1 is 1.32 bits per heavy atom. The third kappa shape index (κ3) is 3.29. The Labute approximate surface area is 133 Å². The van der Waals surface area contributed by atoms with Gasteiger partial charge >= 0.3 is 0 Å². The lowest BCUT2D eigenvalue weighted by Gasteiger charge is -2.33. The summed E-state index contributed by atoms with van der Waals surface area (Å²) >= 11 is 1.30. The molecule has 1 amide bonds. The first-order valence-corrected chi connectivity index (χ1v) is 9.50. The van der Waals surface area contributed by atoms with Gasteiger partial charge in [-0.3, -0.25) is 9.35 Å². The van der Waals surface area contributed by atoms with Crippen molar-refractivity contribution in [1.82, 2.24) is 0 Å². The second-order valence-electron chi connectivity index (χ2n) is 5.45. The van der Waals surface area contributed by atoms with E-state index in [9.17, 15) is 13.2 Å². The molecule has 1 saturated heterocycles. The van der Waals surface area contributed by atoms with Crippen LogP contribution in [0.1, 0.15) is 12.8 Å². The van der Waals surface area contributed by atoms with Crippen molar-refractivity contribution in [3.05, 3.63) is 18.2 Å². The first-order valence-electron chi connectivity index (χ1n) is 7.07. The van der Waals surface area contributed by atoms with Crippen molar-refractivity contribution in [2.24, 2.45) is 5.92 Å². The smallest absolute Gasteiger partial charge is 0.294 e. The van der Waals surface area contributed by atoms with Crippen molar-refractivity contribution in [1.29, 1.82) is 0 Å². The Balaban J connectivity index is 1.88. The minimum Gasteiger partial charge on any atom is -0.381 e. The first-order chi connectivity index (χ1) is 10.4. The van der Waals surface area contributed by atoms with Crippen LogP contribution in [0.4, 0.5) is 5.69 Å². The number of thioether (sulfide) groups is 1. The molecule has 0 bridgehead atoms. The molecular formula is C14H17NO5S2. The molecule has 22 heavy (non-hydrogen) atoms. The molecule has 1 fully saturated rings. The SMILES string of the molecule is O=C1CSc2cc(S(=O)(=O)O)ccc2N1CC1CCOCC1. The van der Waals surface area contributed by atoms with Crippen LogP contribution in [0.5, 0.6) is 0 Å². The number of fused-ring (bicyclic) bond motifs is 1. The highest BCUT2D eigenvalue weighted by Gasteiger charge is 2.29. The van der Waals surface area contributed by atoms with Gasteiger partial charge in [0.15, 0.2) is 0 Å². The summed E-state index contributed by atoms with van der Waals surface area (Å²) in [6.45, 7) is 2.06. The molecule has 3 rings (SSSR count). The molecular weight excluding hydrogens is 326 g/mol. The lowest BCUT2D eigenvalue weighted by molar-refractivity contribution is -0.116. The molecule has 0 saturated carbocycles. The van der Waals surface area contributed by atoms with E-state index in [0.29, 0.717) is 17.4 Å². The van der Waals surface area contributed by atoms with Gasteiger partial charge in [-0.15, -0.1) is 11.8 Å². The average Bonchev–Trinajstić information content (AvgIpc) is 2.50. The molecule has 0 aliphatic carbocycles. The highest BCUT2D eigenvalue weighted by Crippen LogP contribution is 2.37. The van der Waals surface area contributed by atoms with Crippen molar-refractivity contribution in [3.63, 3.8) is 0 Å². The van der Waals surface area contributed by atoms with Crippen LogP contribution in [0, 0.1) is 5.92 Å². The Morgan fingerprint density at radius 2 is 2.05 bits per heavy atom. The summed E-state index contributed by atoms with van der Waals surface area (Å²) in [5.41, 5.74) is 0.722. The van der Waals surface area contributed by atoms with Gasteiger partial charge in [0.05, 0.1) is 16.3 Å². The van der Waals surface area contributed by atoms with Gasteiger partial charge in [-0.25, -0.2) is 0 Å². The Bertz CT molecular complexity index is 682. The summed E-state index contributed by atoms with van der Waals surface area (Å²) in [5.74, 6) is 0.712. The monoisotopic (exact) mass is 343 g/mol. The summed E-state index contributed by atoms with van der Waals surface area (Å²) in [4.78, 5) is 14.5. The van der Waals surface area contributed by atoms with Crippen LogP contribution < -0.4 is 4.90 Å². The predicted molar refractivity (Wildman–Crippen MR) is 82.9 cm³/mol. The van der Waals surface area contributed by atoms with Crippen LogP contribution >= 0.6 is 11.8 Å². The number of amides is 1. The lowest BCUT2D eigenvalue weighted by Crippen LogP contribution is -2.40. The maximum atomic E-state index is 12.2. The molecule has 8 heteroatoms. The Morgan fingerprint density at radius 3 is 2.73 bits per heavy atom. The number of hydrogen-bond acceptors (Lipinski definition) is 5. The highest BCUT2D eigenvalue weighted by molar-refractivity contribution is 8.00. The number of ether oxygens (including phenoxy) is 1. The molecule has 0 unspecified atom stereocenters. The van der Waals surface area contributed by atoms with E-state index in [2.05, 4.69) is 0 Å². The van der Waals surface area contributed by atoms with E-state index >= 15 is 0 Å². The lowest BCUT2D eigenvalue weighted by atomic mass is 9.99. The fourth-order valence-corrected chi connectivity index (χ4v) is 4.29. The summed E-state index contributed by atoms with van der Waals surface area (Å²) < 4.78 is 36.9. The quantitative estimate of drug-likeness (QED) is 0.843. The van der Waals surface area contributed by atoms with E-state index in [4.69, 9.17) is 9.29 Å². The summed E-state index contributed by atoms with van der Waals surface area (Å²) in [5, 5.41) is 0. The van der Waals surface area contributed by atoms with Crippen LogP contribution in [0.3, 0.4) is 0 Å². The number of carbonyl (C=O) groups excluding carboxylic acids is 1. The van der Waals surface area contributed by atoms with Crippen molar-refractivity contribution < 1.29 is 22.5 Å². The van der Waals surface area contributed by atoms with Crippen LogP contribution in [0.2, 0.25) is 0 Å². The highest BCUT2D eigenvalue weighted by atomic mass is 32.2. The number of nitrogens with zero attached hydrogens (tertiary/aromatic N) is 1. The standard InChI is InChI=1S/C14H17NO5S2/c16-14-9-21-13-7-11(22(17,18)19)1-2-12(13)15(14)8-10-3-5-20-6-4-10/h1-2,7,10H,3-6,8-9H2,(H,17,18,19). The Hall–Kier alpha value is -1.09. The topological polar surface area (TPSA) is 83.9 Å². The maximum Gasteiger partial charge on any atom is 0.294 e. The van der Waals surface area contributed by atoms with E-state index in [0.717, 1.165) is 31.7 Å². The van der Waals surface area contributed by atoms with Gasteiger partial charge in [0, 0.05) is 24.7 Å². The molecule has 0 spiro atoms. The minimum atomic E-state index is -4.23. The van der Waals surface area contributed by atoms with Gasteiger partial charge in [-0.2, -0.15) is 8.42 Å². The molecule has 1 aromatic carbocycles. The van der Waals surface area contributed by atoms with Gasteiger partial charge in [0.2, 0.25) is 5.91 Å². The largest absolute Gasteiger partial charge is 0.381 e. The molecule has 120 valence electrons. The van der Waals surface area contributed by atoms with Crippen LogP contribution in [-0.4, -0.2) is 44.4 Å². The van der Waals surface area contributed by atoms with Gasteiger partial charge < -0.3 is 9.64 Å². The average molecular weight is 343 g/mol. The van der Waals surface area contributed by atoms with Crippen molar-refractivity contribution in [2.45, 2.75) is 22.6 Å². The van der Waals surface area contributed by atoms with E-state index in [1.807, 2.05) is 0 Å². The molecule has 6 nitrogen and oxygen atoms in total. The maximum absolute atomic E-state index is 12.2. The normalized spacial score (nSPS) is 20.0. The number of carbonyl (C=O) groups is 1. The molecule has 2 aliphatic rings. The molecule has 0 radical (unpaired) electrons. The molecule has 0 aromatic heterocycles. The molecule has 2 aliphatic heterocycles. The van der Waals surface area contributed by atoms with Crippen LogP contribution in [-0.2, 0) is 19.6 Å². The van der Waals surface area contributed by atoms with Gasteiger partial charge in [0.25, 0.3) is 10.1 Å². The number of rotatable bonds is 3. The Kier molecular flexibility index (Phi) is 4.44. The van der Waals surface area contributed by atoms with Crippen molar-refractivity contribution >= 4 is 33.5 Å². The van der Waals surface area contributed by atoms with E-state index in [1.165, 1.54) is 23.9 Å². The van der Waals surface area contributed by atoms with Crippen molar-refractivity contribution in [3.8, 4) is 0 Å². The zero-order valence-corrected chi connectivity index (χ0v) is 13.5. The molecule has 0 atom stereocenters. The van der Waals surface area contributed by atoms with E-state index in [1.54, 1.807) is 11.0 Å². The predicted octanol–water partition coefficient (Wildman–Crippen LogP) is 1.80. The van der Waals surface area contributed by atoms with Gasteiger partial charge in [-0.1, -0.05) is 0 Å².